The molecule has 0 aliphatic heterocycles. The molecule has 0 aliphatic carbocycles. The maximum atomic E-state index is 14.4. The second kappa shape index (κ2) is 14.3. The molecule has 44 heavy (non-hydrogen) atoms. The van der Waals surface area contributed by atoms with Gasteiger partial charge in [-0.3, -0.25) is 13.9 Å². The Kier molecular flexibility index (Phi) is 10.7. The average Bonchev–Trinajstić information content (AvgIpc) is 3.00. The minimum atomic E-state index is -4.20. The summed E-state index contributed by atoms with van der Waals surface area (Å²) in [4.78, 5) is 29.3. The molecule has 0 heterocycles. The van der Waals surface area contributed by atoms with Crippen molar-refractivity contribution in [2.24, 2.45) is 0 Å². The molecular formula is C34H35Cl2N3O4S. The summed E-state index contributed by atoms with van der Waals surface area (Å²) in [7, 11) is -2.70. The smallest absolute Gasteiger partial charge is 0.264 e. The SMILES string of the molecule is CNC(=O)[C@H](Cc1ccccc1)N(Cc1c(Cl)cccc1Cl)C(=O)CN(c1ccc(C)c(C)c1)S(=O)(=O)c1ccc(C)cc1. The van der Waals surface area contributed by atoms with Gasteiger partial charge < -0.3 is 10.2 Å². The van der Waals surface area contributed by atoms with Crippen LogP contribution in [-0.4, -0.2) is 44.8 Å². The predicted molar refractivity (Wildman–Crippen MR) is 177 cm³/mol. The first-order chi connectivity index (χ1) is 20.9. The first kappa shape index (κ1) is 33.1. The van der Waals surface area contributed by atoms with Gasteiger partial charge in [-0.05, 0) is 73.9 Å². The minimum Gasteiger partial charge on any atom is -0.357 e. The fourth-order valence-corrected chi connectivity index (χ4v) is 6.74. The molecule has 4 aromatic carbocycles. The molecule has 0 saturated carbocycles. The van der Waals surface area contributed by atoms with Gasteiger partial charge in [0.1, 0.15) is 12.6 Å². The monoisotopic (exact) mass is 651 g/mol. The number of halogens is 2. The standard InChI is InChI=1S/C34H35Cl2N3O4S/c1-23-13-17-28(18-14-23)44(42,43)39(27-16-15-24(2)25(3)19-27)22-33(40)38(21-29-30(35)11-8-12-31(29)36)32(34(41)37-4)20-26-9-6-5-7-10-26/h5-19,32H,20-22H2,1-4H3,(H,37,41)/t32-/m0/s1. The molecule has 1 N–H and O–H groups in total. The van der Waals surface area contributed by atoms with E-state index < -0.39 is 34.4 Å². The van der Waals surface area contributed by atoms with Gasteiger partial charge in [-0.15, -0.1) is 0 Å². The zero-order valence-electron chi connectivity index (χ0n) is 25.1. The summed E-state index contributed by atoms with van der Waals surface area (Å²) in [5, 5.41) is 3.31. The van der Waals surface area contributed by atoms with Crippen LogP contribution in [0, 0.1) is 20.8 Å². The molecule has 0 saturated heterocycles. The highest BCUT2D eigenvalue weighted by atomic mass is 35.5. The number of carbonyl (C=O) groups is 2. The second-order valence-electron chi connectivity index (χ2n) is 10.6. The van der Waals surface area contributed by atoms with Gasteiger partial charge in [0.05, 0.1) is 10.6 Å². The molecule has 1 atom stereocenters. The molecule has 4 rings (SSSR count). The molecule has 7 nitrogen and oxygen atoms in total. The van der Waals surface area contributed by atoms with E-state index in [4.69, 9.17) is 23.2 Å². The van der Waals surface area contributed by atoms with E-state index in [9.17, 15) is 18.0 Å². The average molecular weight is 653 g/mol. The summed E-state index contributed by atoms with van der Waals surface area (Å²) in [5.74, 6) is -1.01. The zero-order valence-corrected chi connectivity index (χ0v) is 27.4. The number of hydrogen-bond acceptors (Lipinski definition) is 4. The number of sulfonamides is 1. The Morgan fingerprint density at radius 3 is 2.05 bits per heavy atom. The van der Waals surface area contributed by atoms with Gasteiger partial charge in [0.15, 0.2) is 0 Å². The Morgan fingerprint density at radius 2 is 1.45 bits per heavy atom. The number of likely N-dealkylation sites (N-methyl/N-ethyl adjacent to an activating group) is 1. The number of anilines is 1. The first-order valence-corrected chi connectivity index (χ1v) is 16.3. The van der Waals surface area contributed by atoms with Crippen LogP contribution >= 0.6 is 23.2 Å². The van der Waals surface area contributed by atoms with E-state index in [1.807, 2.05) is 57.2 Å². The van der Waals surface area contributed by atoms with Crippen LogP contribution in [0.2, 0.25) is 10.0 Å². The summed E-state index contributed by atoms with van der Waals surface area (Å²) < 4.78 is 29.4. The minimum absolute atomic E-state index is 0.0435. The Balaban J connectivity index is 1.84. The molecule has 0 unspecified atom stereocenters. The molecule has 0 fully saturated rings. The molecule has 0 aliphatic rings. The van der Waals surface area contributed by atoms with E-state index in [0.717, 1.165) is 26.6 Å². The van der Waals surface area contributed by atoms with Crippen LogP contribution in [0.5, 0.6) is 0 Å². The molecule has 0 spiro atoms. The van der Waals surface area contributed by atoms with E-state index in [1.165, 1.54) is 24.1 Å². The highest BCUT2D eigenvalue weighted by molar-refractivity contribution is 7.92. The third kappa shape index (κ3) is 7.62. The van der Waals surface area contributed by atoms with Crippen LogP contribution in [-0.2, 0) is 32.6 Å². The zero-order chi connectivity index (χ0) is 32.0. The molecule has 0 aromatic heterocycles. The molecule has 230 valence electrons. The summed E-state index contributed by atoms with van der Waals surface area (Å²) in [5.41, 5.74) is 4.34. The van der Waals surface area contributed by atoms with E-state index in [2.05, 4.69) is 5.32 Å². The van der Waals surface area contributed by atoms with Gasteiger partial charge in [-0.1, -0.05) is 83.4 Å². The van der Waals surface area contributed by atoms with Crippen LogP contribution in [0.4, 0.5) is 5.69 Å². The molecule has 4 aromatic rings. The lowest BCUT2D eigenvalue weighted by Crippen LogP contribution is -2.53. The maximum absolute atomic E-state index is 14.4. The van der Waals surface area contributed by atoms with Crippen molar-refractivity contribution in [1.82, 2.24) is 10.2 Å². The molecular weight excluding hydrogens is 617 g/mol. The number of amides is 2. The van der Waals surface area contributed by atoms with E-state index in [0.29, 0.717) is 21.3 Å². The Labute approximate surface area is 269 Å². The molecule has 2 amide bonds. The third-order valence-corrected chi connectivity index (χ3v) is 10.1. The van der Waals surface area contributed by atoms with Crippen molar-refractivity contribution in [3.05, 3.63) is 129 Å². The lowest BCUT2D eigenvalue weighted by Gasteiger charge is -2.34. The fourth-order valence-electron chi connectivity index (χ4n) is 4.82. The van der Waals surface area contributed by atoms with Crippen molar-refractivity contribution in [3.63, 3.8) is 0 Å². The molecule has 10 heteroatoms. The summed E-state index contributed by atoms with van der Waals surface area (Å²) in [6.07, 6.45) is 0.183. The van der Waals surface area contributed by atoms with Gasteiger partial charge in [-0.25, -0.2) is 8.42 Å². The lowest BCUT2D eigenvalue weighted by atomic mass is 10.0. The van der Waals surface area contributed by atoms with Gasteiger partial charge in [0.2, 0.25) is 11.8 Å². The van der Waals surface area contributed by atoms with Crippen molar-refractivity contribution >= 4 is 50.7 Å². The second-order valence-corrected chi connectivity index (χ2v) is 13.3. The number of nitrogens with zero attached hydrogens (tertiary/aromatic N) is 2. The van der Waals surface area contributed by atoms with Crippen LogP contribution < -0.4 is 9.62 Å². The molecule has 0 radical (unpaired) electrons. The highest BCUT2D eigenvalue weighted by Crippen LogP contribution is 2.30. The van der Waals surface area contributed by atoms with Crippen LogP contribution in [0.1, 0.15) is 27.8 Å². The van der Waals surface area contributed by atoms with Crippen molar-refractivity contribution in [1.29, 1.82) is 0 Å². The van der Waals surface area contributed by atoms with Crippen molar-refractivity contribution in [2.75, 3.05) is 17.9 Å². The van der Waals surface area contributed by atoms with Gasteiger partial charge in [-0.2, -0.15) is 0 Å². The summed E-state index contributed by atoms with van der Waals surface area (Å²) >= 11 is 13.1. The quantitative estimate of drug-likeness (QED) is 0.201. The van der Waals surface area contributed by atoms with Crippen molar-refractivity contribution in [3.8, 4) is 0 Å². The first-order valence-electron chi connectivity index (χ1n) is 14.1. The summed E-state index contributed by atoms with van der Waals surface area (Å²) in [6.45, 7) is 4.99. The number of aryl methyl sites for hydroxylation is 3. The topological polar surface area (TPSA) is 86.8 Å². The number of hydrogen-bond donors (Lipinski definition) is 1. The normalized spacial score (nSPS) is 12.0. The Morgan fingerprint density at radius 1 is 0.818 bits per heavy atom. The highest BCUT2D eigenvalue weighted by Gasteiger charge is 2.35. The third-order valence-electron chi connectivity index (χ3n) is 7.57. The molecule has 0 bridgehead atoms. The van der Waals surface area contributed by atoms with Crippen molar-refractivity contribution in [2.45, 2.75) is 44.7 Å². The van der Waals surface area contributed by atoms with E-state index >= 15 is 0 Å². The largest absolute Gasteiger partial charge is 0.357 e. The Bertz CT molecular complexity index is 1730. The van der Waals surface area contributed by atoms with E-state index in [1.54, 1.807) is 42.5 Å². The van der Waals surface area contributed by atoms with Gasteiger partial charge in [0, 0.05) is 35.6 Å². The number of nitrogens with one attached hydrogen (secondary N) is 1. The van der Waals surface area contributed by atoms with Gasteiger partial charge in [0.25, 0.3) is 10.0 Å². The maximum Gasteiger partial charge on any atom is 0.264 e. The number of rotatable bonds is 11. The van der Waals surface area contributed by atoms with Crippen molar-refractivity contribution < 1.29 is 18.0 Å². The van der Waals surface area contributed by atoms with Crippen LogP contribution in [0.25, 0.3) is 0 Å². The lowest BCUT2D eigenvalue weighted by molar-refractivity contribution is -0.139. The summed E-state index contributed by atoms with van der Waals surface area (Å²) in [6, 6.07) is 25.0. The van der Waals surface area contributed by atoms with Gasteiger partial charge >= 0.3 is 0 Å². The predicted octanol–water partition coefficient (Wildman–Crippen LogP) is 6.50. The van der Waals surface area contributed by atoms with Crippen LogP contribution in [0.3, 0.4) is 0 Å². The van der Waals surface area contributed by atoms with Crippen LogP contribution in [0.15, 0.2) is 95.9 Å². The number of carbonyl (C=O) groups excluding carboxylic acids is 2. The number of benzene rings is 4. The Hall–Kier alpha value is -3.85. The van der Waals surface area contributed by atoms with E-state index in [-0.39, 0.29) is 17.9 Å². The fraction of sp³-hybridized carbons (Fsp3) is 0.235.